The highest BCUT2D eigenvalue weighted by atomic mass is 19.1. The zero-order valence-electron chi connectivity index (χ0n) is 25.0. The lowest BCUT2D eigenvalue weighted by Gasteiger charge is -2.42. The number of amides is 4. The van der Waals surface area contributed by atoms with Gasteiger partial charge in [0.2, 0.25) is 17.7 Å². The highest BCUT2D eigenvalue weighted by molar-refractivity contribution is 5.94. The van der Waals surface area contributed by atoms with Crippen LogP contribution in [0.2, 0.25) is 0 Å². The van der Waals surface area contributed by atoms with E-state index in [1.807, 2.05) is 24.3 Å². The largest absolute Gasteiger partial charge is 0.381 e. The van der Waals surface area contributed by atoms with Crippen molar-refractivity contribution in [1.29, 1.82) is 0 Å². The van der Waals surface area contributed by atoms with Gasteiger partial charge in [-0.1, -0.05) is 24.3 Å². The van der Waals surface area contributed by atoms with Crippen molar-refractivity contribution in [2.24, 2.45) is 0 Å². The summed E-state index contributed by atoms with van der Waals surface area (Å²) < 4.78 is 18.8. The molecule has 44 heavy (non-hydrogen) atoms. The molecule has 0 aliphatic carbocycles. The standard InChI is InChI=1S/C33H42FN5O5/c34-26-9-7-23(8-10-26)32(43)39-16-13-33(14-17-39)21-30(41)35-15-3-6-28(37-27-11-18-44-19-12-27)31(42)36-22-25-5-2-1-4-24(25)20-29(40)38-33/h1-2,4-5,7-10,27-28,37H,3,6,11-22H2,(H,35,41)(H,36,42)(H,38,40)/t28-/m0/s1. The van der Waals surface area contributed by atoms with Gasteiger partial charge in [-0.05, 0) is 73.9 Å². The lowest BCUT2D eigenvalue weighted by molar-refractivity contribution is -0.126. The first kappa shape index (κ1) is 31.6. The number of nitrogens with one attached hydrogen (secondary N) is 4. The van der Waals surface area contributed by atoms with Crippen LogP contribution in [0.4, 0.5) is 4.39 Å². The highest BCUT2D eigenvalue weighted by Crippen LogP contribution is 2.28. The Morgan fingerprint density at radius 1 is 0.909 bits per heavy atom. The van der Waals surface area contributed by atoms with Gasteiger partial charge in [-0.3, -0.25) is 19.2 Å². The quantitative estimate of drug-likeness (QED) is 0.424. The number of carbonyl (C=O) groups is 4. The van der Waals surface area contributed by atoms with Gasteiger partial charge in [0.25, 0.3) is 5.91 Å². The summed E-state index contributed by atoms with van der Waals surface area (Å²) in [6.45, 7) is 2.74. The minimum atomic E-state index is -0.811. The number of carbonyl (C=O) groups excluding carboxylic acids is 4. The number of ether oxygens (including phenoxy) is 1. The maximum atomic E-state index is 13.5. The molecular weight excluding hydrogens is 565 g/mol. The lowest BCUT2D eigenvalue weighted by Crippen LogP contribution is -2.58. The fraction of sp³-hybridized carbons (Fsp3) is 0.515. The Morgan fingerprint density at radius 2 is 1.61 bits per heavy atom. The van der Waals surface area contributed by atoms with Crippen LogP contribution >= 0.6 is 0 Å². The van der Waals surface area contributed by atoms with E-state index in [0.29, 0.717) is 70.6 Å². The molecule has 2 saturated heterocycles. The Labute approximate surface area is 257 Å². The van der Waals surface area contributed by atoms with E-state index in [1.54, 1.807) is 4.90 Å². The molecule has 3 aliphatic rings. The molecule has 2 fully saturated rings. The fourth-order valence-electron chi connectivity index (χ4n) is 6.32. The normalized spacial score (nSPS) is 22.4. The molecule has 0 aromatic heterocycles. The molecule has 4 amide bonds. The third-order valence-corrected chi connectivity index (χ3v) is 8.89. The zero-order valence-corrected chi connectivity index (χ0v) is 25.0. The molecular formula is C33H42FN5O5. The molecule has 10 nitrogen and oxygen atoms in total. The van der Waals surface area contributed by atoms with Gasteiger partial charge in [-0.2, -0.15) is 0 Å². The number of halogens is 1. The Hall–Kier alpha value is -3.83. The molecule has 3 aliphatic heterocycles. The van der Waals surface area contributed by atoms with Gasteiger partial charge in [0.05, 0.1) is 18.0 Å². The predicted octanol–water partition coefficient (Wildman–Crippen LogP) is 2.21. The Bertz CT molecular complexity index is 1320. The van der Waals surface area contributed by atoms with E-state index < -0.39 is 17.4 Å². The van der Waals surface area contributed by atoms with Gasteiger partial charge in [-0.15, -0.1) is 0 Å². The number of hydrogen-bond acceptors (Lipinski definition) is 6. The van der Waals surface area contributed by atoms with Crippen molar-refractivity contribution in [1.82, 2.24) is 26.2 Å². The van der Waals surface area contributed by atoms with E-state index in [9.17, 15) is 23.6 Å². The van der Waals surface area contributed by atoms with Crippen LogP contribution < -0.4 is 21.3 Å². The molecule has 3 heterocycles. The van der Waals surface area contributed by atoms with Gasteiger partial charge in [0.1, 0.15) is 5.82 Å². The van der Waals surface area contributed by atoms with Crippen LogP contribution in [0.3, 0.4) is 0 Å². The highest BCUT2D eigenvalue weighted by Gasteiger charge is 2.39. The Balaban J connectivity index is 1.30. The fourth-order valence-corrected chi connectivity index (χ4v) is 6.32. The number of piperidine rings is 1. The summed E-state index contributed by atoms with van der Waals surface area (Å²) in [6, 6.07) is 12.8. The van der Waals surface area contributed by atoms with Crippen LogP contribution in [0.5, 0.6) is 0 Å². The molecule has 4 N–H and O–H groups in total. The summed E-state index contributed by atoms with van der Waals surface area (Å²) in [5.74, 6) is -1.12. The molecule has 1 spiro atoms. The zero-order chi connectivity index (χ0) is 30.9. The van der Waals surface area contributed by atoms with E-state index in [0.717, 1.165) is 24.0 Å². The molecule has 0 radical (unpaired) electrons. The van der Waals surface area contributed by atoms with Crippen LogP contribution in [-0.4, -0.2) is 79.0 Å². The number of likely N-dealkylation sites (tertiary alicyclic amines) is 1. The van der Waals surface area contributed by atoms with Gasteiger partial charge >= 0.3 is 0 Å². The minimum Gasteiger partial charge on any atom is -0.381 e. The van der Waals surface area contributed by atoms with Crippen LogP contribution in [0.25, 0.3) is 0 Å². The van der Waals surface area contributed by atoms with E-state index in [-0.39, 0.29) is 42.5 Å². The van der Waals surface area contributed by atoms with Crippen molar-refractivity contribution >= 4 is 23.6 Å². The maximum absolute atomic E-state index is 13.5. The van der Waals surface area contributed by atoms with Gasteiger partial charge in [0, 0.05) is 57.4 Å². The van der Waals surface area contributed by atoms with Crippen molar-refractivity contribution < 1.29 is 28.3 Å². The second kappa shape index (κ2) is 14.8. The number of hydrogen-bond donors (Lipinski definition) is 4. The third-order valence-electron chi connectivity index (χ3n) is 8.89. The van der Waals surface area contributed by atoms with Crippen LogP contribution in [-0.2, 0) is 32.1 Å². The molecule has 2 aromatic carbocycles. The van der Waals surface area contributed by atoms with E-state index in [4.69, 9.17) is 4.74 Å². The number of benzene rings is 2. The molecule has 5 rings (SSSR count). The van der Waals surface area contributed by atoms with E-state index >= 15 is 0 Å². The van der Waals surface area contributed by atoms with Crippen molar-refractivity contribution in [3.63, 3.8) is 0 Å². The maximum Gasteiger partial charge on any atom is 0.253 e. The molecule has 236 valence electrons. The van der Waals surface area contributed by atoms with Crippen molar-refractivity contribution in [2.75, 3.05) is 32.8 Å². The van der Waals surface area contributed by atoms with Gasteiger partial charge < -0.3 is 30.9 Å². The van der Waals surface area contributed by atoms with Crippen molar-refractivity contribution in [3.05, 3.63) is 71.0 Å². The first-order valence-electron chi connectivity index (χ1n) is 15.6. The predicted molar refractivity (Wildman–Crippen MR) is 162 cm³/mol. The van der Waals surface area contributed by atoms with Crippen LogP contribution in [0.1, 0.15) is 66.4 Å². The van der Waals surface area contributed by atoms with Crippen LogP contribution in [0.15, 0.2) is 48.5 Å². The van der Waals surface area contributed by atoms with Gasteiger partial charge in [0.15, 0.2) is 0 Å². The minimum absolute atomic E-state index is 0.0865. The summed E-state index contributed by atoms with van der Waals surface area (Å²) in [7, 11) is 0. The Kier molecular flexibility index (Phi) is 10.6. The summed E-state index contributed by atoms with van der Waals surface area (Å²) in [6.07, 6.45) is 3.85. The first-order valence-corrected chi connectivity index (χ1v) is 15.6. The molecule has 0 unspecified atom stereocenters. The topological polar surface area (TPSA) is 129 Å². The second-order valence-electron chi connectivity index (χ2n) is 12.1. The second-order valence-corrected chi connectivity index (χ2v) is 12.1. The molecule has 0 bridgehead atoms. The first-order chi connectivity index (χ1) is 21.3. The summed E-state index contributed by atoms with van der Waals surface area (Å²) in [5.41, 5.74) is 1.25. The SMILES string of the molecule is O=C1CC2(CCN(C(=O)c3ccc(F)cc3)CC2)NC(=O)Cc2ccccc2CNC(=O)[C@@H](NC2CCOCC2)CCCN1. The Morgan fingerprint density at radius 3 is 2.34 bits per heavy atom. The lowest BCUT2D eigenvalue weighted by atomic mass is 9.83. The average molecular weight is 608 g/mol. The number of fused-ring (bicyclic) bond motifs is 1. The van der Waals surface area contributed by atoms with Crippen LogP contribution in [0, 0.1) is 5.82 Å². The van der Waals surface area contributed by atoms with Crippen molar-refractivity contribution in [2.45, 2.75) is 75.5 Å². The monoisotopic (exact) mass is 607 g/mol. The van der Waals surface area contributed by atoms with Gasteiger partial charge in [-0.25, -0.2) is 4.39 Å². The number of rotatable bonds is 3. The van der Waals surface area contributed by atoms with E-state index in [1.165, 1.54) is 24.3 Å². The third kappa shape index (κ3) is 8.41. The molecule has 0 saturated carbocycles. The molecule has 1 atom stereocenters. The summed E-state index contributed by atoms with van der Waals surface area (Å²) in [5, 5.41) is 12.7. The average Bonchev–Trinajstić information content (AvgIpc) is 3.02. The number of nitrogens with zero attached hydrogens (tertiary/aromatic N) is 1. The summed E-state index contributed by atoms with van der Waals surface area (Å²) in [4.78, 5) is 54.7. The molecule has 2 aromatic rings. The molecule has 11 heteroatoms. The van der Waals surface area contributed by atoms with E-state index in [2.05, 4.69) is 21.3 Å². The van der Waals surface area contributed by atoms with Crippen molar-refractivity contribution in [3.8, 4) is 0 Å². The smallest absolute Gasteiger partial charge is 0.253 e. The summed E-state index contributed by atoms with van der Waals surface area (Å²) >= 11 is 0.